The van der Waals surface area contributed by atoms with E-state index in [-0.39, 0.29) is 11.4 Å². The smallest absolute Gasteiger partial charge is 0.337 e. The van der Waals surface area contributed by atoms with Gasteiger partial charge in [0.15, 0.2) is 0 Å². The van der Waals surface area contributed by atoms with Gasteiger partial charge in [-0.15, -0.1) is 0 Å². The number of esters is 1. The highest BCUT2D eigenvalue weighted by Crippen LogP contribution is 2.73. The average molecular weight is 529 g/mol. The van der Waals surface area contributed by atoms with E-state index >= 15 is 0 Å². The maximum absolute atomic E-state index is 12.0. The highest BCUT2D eigenvalue weighted by Gasteiger charge is 2.65. The average Bonchev–Trinajstić information content (AvgIpc) is 3.36. The Hall–Kier alpha value is -1.83. The van der Waals surface area contributed by atoms with Crippen LogP contribution in [-0.2, 0) is 4.74 Å². The molecular formula is C37H52O2. The van der Waals surface area contributed by atoms with Gasteiger partial charge in [-0.3, -0.25) is 0 Å². The lowest BCUT2D eigenvalue weighted by molar-refractivity contribution is -0.174. The lowest BCUT2D eigenvalue weighted by atomic mass is 9.36. The number of allylic oxidation sites excluding steroid dienone is 4. The van der Waals surface area contributed by atoms with Crippen LogP contribution in [-0.4, -0.2) is 13.1 Å². The van der Waals surface area contributed by atoms with Crippen LogP contribution in [0.15, 0.2) is 42.5 Å². The summed E-state index contributed by atoms with van der Waals surface area (Å²) in [5.41, 5.74) is 4.89. The quantitative estimate of drug-likeness (QED) is 0.287. The second kappa shape index (κ2) is 9.63. The molecule has 0 amide bonds. The summed E-state index contributed by atoms with van der Waals surface area (Å²) in [5.74, 6) is 4.06. The van der Waals surface area contributed by atoms with Crippen LogP contribution in [0.2, 0.25) is 0 Å². The molecule has 212 valence electrons. The van der Waals surface area contributed by atoms with Gasteiger partial charge in [0, 0.05) is 0 Å². The second-order valence-corrected chi connectivity index (χ2v) is 15.2. The van der Waals surface area contributed by atoms with Gasteiger partial charge >= 0.3 is 5.97 Å². The Bertz CT molecular complexity index is 1160. The van der Waals surface area contributed by atoms with Crippen molar-refractivity contribution in [3.63, 3.8) is 0 Å². The number of fused-ring (bicyclic) bond motifs is 7. The molecule has 0 saturated heterocycles. The van der Waals surface area contributed by atoms with Gasteiger partial charge in [0.05, 0.1) is 12.7 Å². The summed E-state index contributed by atoms with van der Waals surface area (Å²) in [5, 5.41) is 0. The first-order valence-corrected chi connectivity index (χ1v) is 16.2. The predicted molar refractivity (Wildman–Crippen MR) is 161 cm³/mol. The summed E-state index contributed by atoms with van der Waals surface area (Å²) in [6, 6.07) is 8.16. The van der Waals surface area contributed by atoms with Crippen LogP contribution in [0.25, 0.3) is 5.57 Å². The zero-order valence-electron chi connectivity index (χ0n) is 25.5. The molecule has 4 fully saturated rings. The molecule has 0 N–H and O–H groups in total. The van der Waals surface area contributed by atoms with Crippen molar-refractivity contribution in [2.45, 2.75) is 105 Å². The van der Waals surface area contributed by atoms with Gasteiger partial charge in [-0.25, -0.2) is 4.79 Å². The van der Waals surface area contributed by atoms with Crippen molar-refractivity contribution < 1.29 is 9.53 Å². The van der Waals surface area contributed by atoms with E-state index in [1.54, 1.807) is 0 Å². The Kier molecular flexibility index (Phi) is 6.75. The first-order valence-electron chi connectivity index (χ1n) is 16.2. The number of hydrogen-bond donors (Lipinski definition) is 0. The molecule has 2 nitrogen and oxygen atoms in total. The van der Waals surface area contributed by atoms with Gasteiger partial charge in [-0.2, -0.15) is 0 Å². The third kappa shape index (κ3) is 3.97. The zero-order chi connectivity index (χ0) is 27.6. The lowest BCUT2D eigenvalue weighted by Crippen LogP contribution is -2.60. The molecule has 1 aromatic rings. The van der Waals surface area contributed by atoms with Crippen molar-refractivity contribution in [1.82, 2.24) is 0 Å². The summed E-state index contributed by atoms with van der Waals surface area (Å²) < 4.78 is 4.93. The number of carbonyl (C=O) groups is 1. The summed E-state index contributed by atoms with van der Waals surface area (Å²) in [4.78, 5) is 12.0. The van der Waals surface area contributed by atoms with Crippen molar-refractivity contribution in [1.29, 1.82) is 0 Å². The highest BCUT2D eigenvalue weighted by atomic mass is 16.5. The van der Waals surface area contributed by atoms with Crippen LogP contribution in [0.4, 0.5) is 0 Å². The van der Waals surface area contributed by atoms with Gasteiger partial charge in [0.2, 0.25) is 0 Å². The van der Waals surface area contributed by atoms with Gasteiger partial charge < -0.3 is 4.74 Å². The molecule has 0 aliphatic heterocycles. The van der Waals surface area contributed by atoms with Crippen molar-refractivity contribution in [2.24, 2.45) is 51.2 Å². The number of methoxy groups -OCH3 is 1. The minimum atomic E-state index is -0.257. The van der Waals surface area contributed by atoms with Crippen LogP contribution in [0.5, 0.6) is 0 Å². The molecule has 8 atom stereocenters. The van der Waals surface area contributed by atoms with Gasteiger partial charge in [-0.1, -0.05) is 71.4 Å². The SMILES string of the molecule is CC/C=C\C12CCCC1C1CCC3C(C)(CCC4C(C)(C)C(c5ccc(C(=O)OC)cc5)=CCC43C)C1CC2. The van der Waals surface area contributed by atoms with E-state index in [9.17, 15) is 4.79 Å². The van der Waals surface area contributed by atoms with Crippen LogP contribution in [0.1, 0.15) is 121 Å². The standard InChI is InChI=1S/C37H52O2/c1-7-8-20-37-21-9-10-30(37)27-15-16-32-35(4,29(27)18-24-37)23-19-31-34(2,3)28(17-22-36(31,32)5)25-11-13-26(14-12-25)33(38)39-6/h8,11-14,17,20,27,29-32H,7,9-10,15-16,18-19,21-24H2,1-6H3/b20-8-. The Balaban J connectivity index is 1.29. The molecule has 5 aliphatic rings. The largest absolute Gasteiger partial charge is 0.465 e. The molecule has 0 heterocycles. The van der Waals surface area contributed by atoms with Crippen LogP contribution < -0.4 is 0 Å². The topological polar surface area (TPSA) is 26.3 Å². The van der Waals surface area contributed by atoms with E-state index in [0.717, 1.165) is 23.7 Å². The molecular weight excluding hydrogens is 476 g/mol. The fourth-order valence-electron chi connectivity index (χ4n) is 11.9. The van der Waals surface area contributed by atoms with E-state index in [1.165, 1.54) is 88.9 Å². The lowest BCUT2D eigenvalue weighted by Gasteiger charge is -2.68. The van der Waals surface area contributed by atoms with Crippen molar-refractivity contribution in [2.75, 3.05) is 7.11 Å². The van der Waals surface area contributed by atoms with Crippen molar-refractivity contribution >= 4 is 11.5 Å². The molecule has 8 unspecified atom stereocenters. The summed E-state index contributed by atoms with van der Waals surface area (Å²) in [6.07, 6.45) is 23.1. The molecule has 39 heavy (non-hydrogen) atoms. The zero-order valence-corrected chi connectivity index (χ0v) is 25.5. The van der Waals surface area contributed by atoms with E-state index in [0.29, 0.717) is 27.7 Å². The number of carbonyl (C=O) groups excluding carboxylic acids is 1. The monoisotopic (exact) mass is 528 g/mol. The van der Waals surface area contributed by atoms with Crippen molar-refractivity contribution in [3.8, 4) is 0 Å². The molecule has 0 bridgehead atoms. The molecule has 1 aromatic carbocycles. The third-order valence-corrected chi connectivity index (χ3v) is 13.5. The summed E-state index contributed by atoms with van der Waals surface area (Å²) in [7, 11) is 1.45. The molecule has 4 saturated carbocycles. The Morgan fingerprint density at radius 2 is 1.67 bits per heavy atom. The third-order valence-electron chi connectivity index (χ3n) is 13.5. The van der Waals surface area contributed by atoms with E-state index in [2.05, 4.69) is 65.0 Å². The van der Waals surface area contributed by atoms with E-state index in [1.807, 2.05) is 12.1 Å². The molecule has 5 aliphatic carbocycles. The normalized spacial score (nSPS) is 42.6. The first kappa shape index (κ1) is 27.3. The molecule has 0 radical (unpaired) electrons. The van der Waals surface area contributed by atoms with Crippen LogP contribution in [0, 0.1) is 51.2 Å². The minimum absolute atomic E-state index is 0.121. The summed E-state index contributed by atoms with van der Waals surface area (Å²) in [6.45, 7) is 12.8. The molecule has 0 aromatic heterocycles. The van der Waals surface area contributed by atoms with Crippen LogP contribution >= 0.6 is 0 Å². The number of hydrogen-bond acceptors (Lipinski definition) is 2. The highest BCUT2D eigenvalue weighted by molar-refractivity contribution is 5.89. The van der Waals surface area contributed by atoms with Gasteiger partial charge in [0.1, 0.15) is 0 Å². The predicted octanol–water partition coefficient (Wildman–Crippen LogP) is 9.90. The molecule has 0 spiro atoms. The van der Waals surface area contributed by atoms with Gasteiger partial charge in [0.25, 0.3) is 0 Å². The fraction of sp³-hybridized carbons (Fsp3) is 0.703. The molecule has 2 heteroatoms. The first-order chi connectivity index (χ1) is 18.6. The number of benzene rings is 1. The van der Waals surface area contributed by atoms with Crippen LogP contribution in [0.3, 0.4) is 0 Å². The molecule has 6 rings (SSSR count). The van der Waals surface area contributed by atoms with E-state index in [4.69, 9.17) is 4.74 Å². The maximum Gasteiger partial charge on any atom is 0.337 e. The van der Waals surface area contributed by atoms with Gasteiger partial charge in [-0.05, 0) is 139 Å². The Morgan fingerprint density at radius 3 is 2.38 bits per heavy atom. The maximum atomic E-state index is 12.0. The summed E-state index contributed by atoms with van der Waals surface area (Å²) >= 11 is 0. The van der Waals surface area contributed by atoms with Crippen molar-refractivity contribution in [3.05, 3.63) is 53.6 Å². The Labute approximate surface area is 238 Å². The fourth-order valence-corrected chi connectivity index (χ4v) is 11.9. The Morgan fingerprint density at radius 1 is 0.897 bits per heavy atom. The second-order valence-electron chi connectivity index (χ2n) is 15.2. The minimum Gasteiger partial charge on any atom is -0.465 e. The number of rotatable bonds is 4. The van der Waals surface area contributed by atoms with E-state index < -0.39 is 0 Å². The number of ether oxygens (including phenoxy) is 1.